The quantitative estimate of drug-likeness (QED) is 0.515. The van der Waals surface area contributed by atoms with E-state index in [0.29, 0.717) is 5.56 Å². The molecule has 0 saturated heterocycles. The Balaban J connectivity index is 2.26. The van der Waals surface area contributed by atoms with Gasteiger partial charge in [0.2, 0.25) is 5.91 Å². The largest absolute Gasteiger partial charge is 0.393 e. The Labute approximate surface area is 169 Å². The summed E-state index contributed by atoms with van der Waals surface area (Å²) < 4.78 is 39.5. The number of nitrogens with zero attached hydrogens (tertiary/aromatic N) is 2. The Bertz CT molecular complexity index is 867. The predicted molar refractivity (Wildman–Crippen MR) is 99.0 cm³/mol. The van der Waals surface area contributed by atoms with Crippen molar-refractivity contribution in [2.45, 2.75) is 37.4 Å². The zero-order valence-corrected chi connectivity index (χ0v) is 16.2. The van der Waals surface area contributed by atoms with Gasteiger partial charge in [0.25, 0.3) is 5.91 Å². The minimum absolute atomic E-state index is 0.0861. The van der Waals surface area contributed by atoms with E-state index in [2.05, 4.69) is 15.3 Å². The van der Waals surface area contributed by atoms with Crippen LogP contribution in [0.3, 0.4) is 0 Å². The first-order chi connectivity index (χ1) is 13.5. The van der Waals surface area contributed by atoms with Crippen molar-refractivity contribution >= 4 is 29.2 Å². The first kappa shape index (κ1) is 22.6. The first-order valence-corrected chi connectivity index (χ1v) is 8.75. The molecule has 11 heteroatoms. The maximum Gasteiger partial charge on any atom is 0.393 e. The number of amides is 2. The average molecular weight is 431 g/mol. The second kappa shape index (κ2) is 9.19. The van der Waals surface area contributed by atoms with Gasteiger partial charge in [0, 0.05) is 31.4 Å². The zero-order valence-electron chi connectivity index (χ0n) is 15.5. The van der Waals surface area contributed by atoms with Crippen molar-refractivity contribution in [2.75, 3.05) is 5.32 Å². The molecule has 0 aliphatic carbocycles. The molecule has 2 amide bonds. The van der Waals surface area contributed by atoms with Gasteiger partial charge in [-0.25, -0.2) is 15.3 Å². The SMILES string of the molecule is CC(=O)Nc1cc(C(C)C(Cl)(CC(F)(F)F)ONC(=O)c2cccnc2)ccn1. The lowest BCUT2D eigenvalue weighted by molar-refractivity contribution is -0.182. The molecule has 0 fully saturated rings. The molecule has 0 aliphatic rings. The maximum atomic E-state index is 13.2. The molecule has 156 valence electrons. The molecule has 2 aromatic rings. The highest BCUT2D eigenvalue weighted by molar-refractivity contribution is 6.23. The minimum atomic E-state index is -4.68. The van der Waals surface area contributed by atoms with Crippen molar-refractivity contribution in [3.05, 3.63) is 54.0 Å². The van der Waals surface area contributed by atoms with Crippen molar-refractivity contribution < 1.29 is 27.6 Å². The van der Waals surface area contributed by atoms with E-state index < -0.39 is 35.4 Å². The molecule has 2 rings (SSSR count). The van der Waals surface area contributed by atoms with Crippen LogP contribution in [0, 0.1) is 0 Å². The van der Waals surface area contributed by atoms with Crippen LogP contribution < -0.4 is 10.8 Å². The standard InChI is InChI=1S/C18H18ClF3N4O3/c1-11(13-5-7-24-15(8-13)25-12(2)27)17(19,10-18(20,21)22)29-26-16(28)14-4-3-6-23-9-14/h3-9,11H,10H2,1-2H3,(H,26,28)(H,24,25,27). The number of halogens is 4. The van der Waals surface area contributed by atoms with Gasteiger partial charge in [0.05, 0.1) is 12.0 Å². The molecular formula is C18H18ClF3N4O3. The van der Waals surface area contributed by atoms with Gasteiger partial charge in [-0.2, -0.15) is 13.2 Å². The summed E-state index contributed by atoms with van der Waals surface area (Å²) in [7, 11) is 0. The minimum Gasteiger partial charge on any atom is -0.311 e. The van der Waals surface area contributed by atoms with E-state index in [1.54, 1.807) is 0 Å². The molecule has 0 bridgehead atoms. The fraction of sp³-hybridized carbons (Fsp3) is 0.333. The van der Waals surface area contributed by atoms with Crippen molar-refractivity contribution in [1.82, 2.24) is 15.4 Å². The van der Waals surface area contributed by atoms with Gasteiger partial charge in [-0.05, 0) is 29.8 Å². The summed E-state index contributed by atoms with van der Waals surface area (Å²) in [5.41, 5.74) is 2.37. The number of hydrogen-bond acceptors (Lipinski definition) is 5. The van der Waals surface area contributed by atoms with Crippen LogP contribution in [0.15, 0.2) is 42.9 Å². The van der Waals surface area contributed by atoms with Crippen LogP contribution in [-0.4, -0.2) is 33.0 Å². The number of nitrogens with one attached hydrogen (secondary N) is 2. The lowest BCUT2D eigenvalue weighted by Gasteiger charge is -2.33. The van der Waals surface area contributed by atoms with Crippen LogP contribution in [0.1, 0.15) is 42.1 Å². The van der Waals surface area contributed by atoms with Gasteiger partial charge in [-0.1, -0.05) is 18.5 Å². The highest BCUT2D eigenvalue weighted by atomic mass is 35.5. The number of hydroxylamine groups is 1. The molecule has 29 heavy (non-hydrogen) atoms. The highest BCUT2D eigenvalue weighted by Gasteiger charge is 2.47. The molecule has 0 spiro atoms. The van der Waals surface area contributed by atoms with E-state index in [-0.39, 0.29) is 11.4 Å². The zero-order chi connectivity index (χ0) is 21.7. The molecule has 2 atom stereocenters. The molecule has 2 unspecified atom stereocenters. The van der Waals surface area contributed by atoms with E-state index in [1.165, 1.54) is 56.7 Å². The van der Waals surface area contributed by atoms with Gasteiger partial charge < -0.3 is 5.32 Å². The maximum absolute atomic E-state index is 13.2. The summed E-state index contributed by atoms with van der Waals surface area (Å²) in [5.74, 6) is -2.09. The van der Waals surface area contributed by atoms with Crippen molar-refractivity contribution in [3.63, 3.8) is 0 Å². The molecule has 0 radical (unpaired) electrons. The topological polar surface area (TPSA) is 93.2 Å². The first-order valence-electron chi connectivity index (χ1n) is 8.38. The van der Waals surface area contributed by atoms with Crippen molar-refractivity contribution in [3.8, 4) is 0 Å². The monoisotopic (exact) mass is 430 g/mol. The Morgan fingerprint density at radius 3 is 2.59 bits per heavy atom. The lowest BCUT2D eigenvalue weighted by atomic mass is 9.93. The second-order valence-electron chi connectivity index (χ2n) is 6.23. The number of carbonyl (C=O) groups is 2. The number of anilines is 1. The summed E-state index contributed by atoms with van der Waals surface area (Å²) in [5, 5.41) is 0.0824. The number of hydrogen-bond donors (Lipinski definition) is 2. The number of rotatable bonds is 7. The van der Waals surface area contributed by atoms with Crippen LogP contribution in [0.2, 0.25) is 0 Å². The Hall–Kier alpha value is -2.72. The van der Waals surface area contributed by atoms with E-state index >= 15 is 0 Å². The molecular weight excluding hydrogens is 413 g/mol. The smallest absolute Gasteiger partial charge is 0.311 e. The van der Waals surface area contributed by atoms with Crippen LogP contribution in [0.25, 0.3) is 0 Å². The molecule has 0 aliphatic heterocycles. The normalized spacial score (nSPS) is 14.6. The number of aromatic nitrogens is 2. The summed E-state index contributed by atoms with van der Waals surface area (Å²) >= 11 is 6.22. The van der Waals surface area contributed by atoms with Crippen LogP contribution in [-0.2, 0) is 9.63 Å². The second-order valence-corrected chi connectivity index (χ2v) is 6.87. The van der Waals surface area contributed by atoms with E-state index in [4.69, 9.17) is 16.4 Å². The van der Waals surface area contributed by atoms with Crippen molar-refractivity contribution in [2.24, 2.45) is 0 Å². The third-order valence-corrected chi connectivity index (χ3v) is 4.45. The van der Waals surface area contributed by atoms with Crippen molar-refractivity contribution in [1.29, 1.82) is 0 Å². The molecule has 7 nitrogen and oxygen atoms in total. The number of pyridine rings is 2. The van der Waals surface area contributed by atoms with E-state index in [1.807, 2.05) is 5.48 Å². The summed E-state index contributed by atoms with van der Waals surface area (Å²) in [6.07, 6.45) is -2.25. The number of alkyl halides is 4. The Kier molecular flexibility index (Phi) is 7.15. The van der Waals surface area contributed by atoms with Gasteiger partial charge in [-0.3, -0.25) is 14.6 Å². The fourth-order valence-corrected chi connectivity index (χ4v) is 2.77. The molecule has 0 saturated carbocycles. The van der Waals surface area contributed by atoms with Gasteiger partial charge in [-0.15, -0.1) is 0 Å². The van der Waals surface area contributed by atoms with E-state index in [0.717, 1.165) is 0 Å². The summed E-state index contributed by atoms with van der Waals surface area (Å²) in [6.45, 7) is 2.67. The summed E-state index contributed by atoms with van der Waals surface area (Å²) in [4.78, 5) is 36.0. The highest BCUT2D eigenvalue weighted by Crippen LogP contribution is 2.43. The predicted octanol–water partition coefficient (Wildman–Crippen LogP) is 3.79. The fourth-order valence-electron chi connectivity index (χ4n) is 2.45. The summed E-state index contributed by atoms with van der Waals surface area (Å²) in [6, 6.07) is 5.72. The third kappa shape index (κ3) is 6.68. The van der Waals surface area contributed by atoms with Gasteiger partial charge in [0.15, 0.2) is 5.06 Å². The van der Waals surface area contributed by atoms with Crippen LogP contribution in [0.5, 0.6) is 0 Å². The Morgan fingerprint density at radius 1 is 1.28 bits per heavy atom. The molecule has 2 aromatic heterocycles. The van der Waals surface area contributed by atoms with Gasteiger partial charge >= 0.3 is 6.18 Å². The average Bonchev–Trinajstić information content (AvgIpc) is 2.64. The molecule has 2 N–H and O–H groups in total. The third-order valence-electron chi connectivity index (χ3n) is 3.91. The molecule has 0 aromatic carbocycles. The van der Waals surface area contributed by atoms with Crippen LogP contribution >= 0.6 is 11.6 Å². The molecule has 2 heterocycles. The van der Waals surface area contributed by atoms with Crippen LogP contribution in [0.4, 0.5) is 19.0 Å². The lowest BCUT2D eigenvalue weighted by Crippen LogP contribution is -2.43. The van der Waals surface area contributed by atoms with Gasteiger partial charge in [0.1, 0.15) is 5.82 Å². The Morgan fingerprint density at radius 2 is 2.00 bits per heavy atom. The number of carbonyl (C=O) groups excluding carboxylic acids is 2. The van der Waals surface area contributed by atoms with E-state index in [9.17, 15) is 22.8 Å².